The fraction of sp³-hybridized carbons (Fsp3) is 0.333. The zero-order chi connectivity index (χ0) is 12.6. The molecule has 0 aromatic heterocycles. The van der Waals surface area contributed by atoms with Crippen LogP contribution < -0.4 is 0 Å². The molecule has 16 heavy (non-hydrogen) atoms. The molecule has 0 aromatic carbocycles. The monoisotopic (exact) mass is 222 g/mol. The summed E-state index contributed by atoms with van der Waals surface area (Å²) in [4.78, 5) is 21.8. The van der Waals surface area contributed by atoms with Crippen molar-refractivity contribution in [2.75, 3.05) is 13.2 Å². The Kier molecular flexibility index (Phi) is 6.37. The third kappa shape index (κ3) is 6.44. The molecule has 0 saturated heterocycles. The third-order valence-corrected chi connectivity index (χ3v) is 1.37. The minimum atomic E-state index is -0.492. The highest BCUT2D eigenvalue weighted by molar-refractivity contribution is 5.87. The van der Waals surface area contributed by atoms with Crippen LogP contribution >= 0.6 is 0 Å². The molecule has 4 heteroatoms. The highest BCUT2D eigenvalue weighted by atomic mass is 16.5. The lowest BCUT2D eigenvalue weighted by Gasteiger charge is -1.98. The van der Waals surface area contributed by atoms with Gasteiger partial charge in [-0.05, 0) is 13.8 Å². The fourth-order valence-electron chi connectivity index (χ4n) is 0.552. The molecule has 0 aliphatic carbocycles. The predicted octanol–water partition coefficient (Wildman–Crippen LogP) is 1.23. The Hall–Kier alpha value is -2.02. The molecular weight excluding hydrogens is 208 g/mol. The van der Waals surface area contributed by atoms with Crippen LogP contribution in [0.15, 0.2) is 24.3 Å². The fourth-order valence-corrected chi connectivity index (χ4v) is 0.552. The van der Waals surface area contributed by atoms with Crippen LogP contribution in [0.5, 0.6) is 0 Å². The molecule has 0 radical (unpaired) electrons. The summed E-state index contributed by atoms with van der Waals surface area (Å²) in [6.45, 7) is 9.82. The second-order valence-corrected chi connectivity index (χ2v) is 3.07. The molecule has 0 rings (SSSR count). The Labute approximate surface area is 94.9 Å². The molecule has 0 saturated carbocycles. The van der Waals surface area contributed by atoms with E-state index in [1.807, 2.05) is 0 Å². The Bertz CT molecular complexity index is 334. The van der Waals surface area contributed by atoms with Gasteiger partial charge in [0.25, 0.3) is 0 Å². The van der Waals surface area contributed by atoms with Crippen molar-refractivity contribution in [3.63, 3.8) is 0 Å². The Morgan fingerprint density at radius 3 is 1.50 bits per heavy atom. The van der Waals surface area contributed by atoms with Crippen molar-refractivity contribution >= 4 is 11.9 Å². The van der Waals surface area contributed by atoms with Crippen LogP contribution in [0.4, 0.5) is 0 Å². The maximum absolute atomic E-state index is 10.9. The molecule has 0 bridgehead atoms. The lowest BCUT2D eigenvalue weighted by atomic mass is 10.4. The first-order valence-electron chi connectivity index (χ1n) is 4.56. The number of carbonyl (C=O) groups excluding carboxylic acids is 2. The predicted molar refractivity (Wildman–Crippen MR) is 59.3 cm³/mol. The summed E-state index contributed by atoms with van der Waals surface area (Å²) in [6, 6.07) is 0. The molecule has 0 spiro atoms. The highest BCUT2D eigenvalue weighted by Gasteiger charge is 2.01. The van der Waals surface area contributed by atoms with Gasteiger partial charge in [0.1, 0.15) is 0 Å². The average Bonchev–Trinajstić information content (AvgIpc) is 2.21. The van der Waals surface area contributed by atoms with Gasteiger partial charge >= 0.3 is 11.9 Å². The van der Waals surface area contributed by atoms with Gasteiger partial charge in [-0.15, -0.1) is 0 Å². The lowest BCUT2D eigenvalue weighted by molar-refractivity contribution is -0.138. The Morgan fingerprint density at radius 1 is 0.938 bits per heavy atom. The second-order valence-electron chi connectivity index (χ2n) is 3.07. The molecule has 0 atom stereocenters. The number of rotatable bonds is 4. The highest BCUT2D eigenvalue weighted by Crippen LogP contribution is 1.91. The van der Waals surface area contributed by atoms with E-state index in [1.165, 1.54) is 0 Å². The first kappa shape index (κ1) is 14.0. The first-order chi connectivity index (χ1) is 7.45. The van der Waals surface area contributed by atoms with Gasteiger partial charge in [-0.3, -0.25) is 0 Å². The molecule has 86 valence electrons. The zero-order valence-corrected chi connectivity index (χ0v) is 9.46. The van der Waals surface area contributed by atoms with Crippen molar-refractivity contribution in [3.8, 4) is 11.8 Å². The number of ether oxygens (including phenoxy) is 2. The normalized spacial score (nSPS) is 8.38. The summed E-state index contributed by atoms with van der Waals surface area (Å²) >= 11 is 0. The number of carbonyl (C=O) groups is 2. The molecule has 0 unspecified atom stereocenters. The van der Waals surface area contributed by atoms with Crippen molar-refractivity contribution in [1.29, 1.82) is 0 Å². The second kappa shape index (κ2) is 7.30. The quantitative estimate of drug-likeness (QED) is 0.408. The molecule has 0 fully saturated rings. The van der Waals surface area contributed by atoms with Crippen LogP contribution in [0.3, 0.4) is 0 Å². The van der Waals surface area contributed by atoms with Crippen LogP contribution in [-0.2, 0) is 19.1 Å². The van der Waals surface area contributed by atoms with Gasteiger partial charge in [-0.1, -0.05) is 25.0 Å². The van der Waals surface area contributed by atoms with E-state index in [1.54, 1.807) is 13.8 Å². The van der Waals surface area contributed by atoms with Crippen molar-refractivity contribution in [1.82, 2.24) is 0 Å². The van der Waals surface area contributed by atoms with Crippen LogP contribution in [0.2, 0.25) is 0 Å². The molecule has 0 N–H and O–H groups in total. The van der Waals surface area contributed by atoms with Gasteiger partial charge in [0.05, 0.1) is 0 Å². The number of hydrogen-bond acceptors (Lipinski definition) is 4. The van der Waals surface area contributed by atoms with Crippen LogP contribution in [0.25, 0.3) is 0 Å². The van der Waals surface area contributed by atoms with Gasteiger partial charge in [-0.25, -0.2) is 9.59 Å². The topological polar surface area (TPSA) is 52.6 Å². The maximum Gasteiger partial charge on any atom is 0.334 e. The van der Waals surface area contributed by atoms with E-state index in [0.717, 1.165) is 0 Å². The summed E-state index contributed by atoms with van der Waals surface area (Å²) in [7, 11) is 0. The smallest absolute Gasteiger partial charge is 0.334 e. The molecule has 0 amide bonds. The van der Waals surface area contributed by atoms with Crippen LogP contribution in [0.1, 0.15) is 13.8 Å². The van der Waals surface area contributed by atoms with E-state index >= 15 is 0 Å². The number of hydrogen-bond donors (Lipinski definition) is 0. The summed E-state index contributed by atoms with van der Waals surface area (Å²) in [5.41, 5.74) is 0.631. The van der Waals surface area contributed by atoms with Crippen LogP contribution in [-0.4, -0.2) is 25.2 Å². The van der Waals surface area contributed by atoms with E-state index in [9.17, 15) is 9.59 Å². The van der Waals surface area contributed by atoms with Crippen molar-refractivity contribution in [2.24, 2.45) is 0 Å². The molecule has 0 aromatic rings. The summed E-state index contributed by atoms with van der Waals surface area (Å²) in [5, 5.41) is 0. The van der Waals surface area contributed by atoms with E-state index in [4.69, 9.17) is 0 Å². The summed E-state index contributed by atoms with van der Waals surface area (Å²) < 4.78 is 9.38. The Morgan fingerprint density at radius 2 is 1.25 bits per heavy atom. The largest absolute Gasteiger partial charge is 0.449 e. The van der Waals surface area contributed by atoms with Crippen LogP contribution in [0, 0.1) is 11.8 Å². The lowest BCUT2D eigenvalue weighted by Crippen LogP contribution is -2.06. The minimum absolute atomic E-state index is 0.0453. The SMILES string of the molecule is C=C(C)C(=O)OCC#CCOC(=O)C(=C)C. The molecule has 0 aliphatic heterocycles. The molecular formula is C12H14O4. The standard InChI is InChI=1S/C12H14O4/c1-9(2)11(13)15-7-5-6-8-16-12(14)10(3)4/h1,3,7-8H2,2,4H3. The van der Waals surface area contributed by atoms with E-state index in [2.05, 4.69) is 34.5 Å². The van der Waals surface area contributed by atoms with E-state index in [-0.39, 0.29) is 13.2 Å². The summed E-state index contributed by atoms with van der Waals surface area (Å²) in [5.74, 6) is 4.06. The van der Waals surface area contributed by atoms with Gasteiger partial charge in [0.2, 0.25) is 0 Å². The van der Waals surface area contributed by atoms with E-state index < -0.39 is 11.9 Å². The van der Waals surface area contributed by atoms with Crippen molar-refractivity contribution < 1.29 is 19.1 Å². The average molecular weight is 222 g/mol. The van der Waals surface area contributed by atoms with E-state index in [0.29, 0.717) is 11.1 Å². The zero-order valence-electron chi connectivity index (χ0n) is 9.46. The van der Waals surface area contributed by atoms with Gasteiger partial charge in [0.15, 0.2) is 13.2 Å². The van der Waals surface area contributed by atoms with Crippen molar-refractivity contribution in [2.45, 2.75) is 13.8 Å². The number of esters is 2. The van der Waals surface area contributed by atoms with Gasteiger partial charge in [0, 0.05) is 11.1 Å². The van der Waals surface area contributed by atoms with Gasteiger partial charge in [-0.2, -0.15) is 0 Å². The molecule has 4 nitrogen and oxygen atoms in total. The summed E-state index contributed by atoms with van der Waals surface area (Å²) in [6.07, 6.45) is 0. The molecule has 0 aliphatic rings. The maximum atomic E-state index is 10.9. The molecule has 0 heterocycles. The van der Waals surface area contributed by atoms with Crippen molar-refractivity contribution in [3.05, 3.63) is 24.3 Å². The third-order valence-electron chi connectivity index (χ3n) is 1.37. The van der Waals surface area contributed by atoms with Gasteiger partial charge < -0.3 is 9.47 Å². The Balaban J connectivity index is 3.72. The first-order valence-corrected chi connectivity index (χ1v) is 4.56. The minimum Gasteiger partial charge on any atom is -0.449 e.